The summed E-state index contributed by atoms with van der Waals surface area (Å²) in [6, 6.07) is 12.7. The molecule has 0 spiro atoms. The molecule has 0 fully saturated rings. The third-order valence-electron chi connectivity index (χ3n) is 4.66. The number of aryl methyl sites for hydroxylation is 1. The zero-order valence-electron chi connectivity index (χ0n) is 16.4. The molecule has 6 nitrogen and oxygen atoms in total. The van der Waals surface area contributed by atoms with Crippen molar-refractivity contribution in [3.63, 3.8) is 0 Å². The van der Waals surface area contributed by atoms with Crippen molar-refractivity contribution in [3.05, 3.63) is 53.6 Å². The molecule has 1 aliphatic rings. The van der Waals surface area contributed by atoms with E-state index in [0.29, 0.717) is 18.7 Å². The van der Waals surface area contributed by atoms with Crippen LogP contribution >= 0.6 is 11.8 Å². The first-order valence-electron chi connectivity index (χ1n) is 9.41. The van der Waals surface area contributed by atoms with Crippen LogP contribution < -0.4 is 10.6 Å². The maximum absolute atomic E-state index is 12.6. The second-order valence-electron chi connectivity index (χ2n) is 7.07. The minimum absolute atomic E-state index is 0.106. The fourth-order valence-corrected chi connectivity index (χ4v) is 5.22. The molecule has 1 heterocycles. The van der Waals surface area contributed by atoms with Gasteiger partial charge >= 0.3 is 0 Å². The molecule has 2 aromatic rings. The minimum atomic E-state index is -3.62. The van der Waals surface area contributed by atoms with Gasteiger partial charge in [-0.3, -0.25) is 9.59 Å². The van der Waals surface area contributed by atoms with Crippen LogP contribution in [0.5, 0.6) is 0 Å². The monoisotopic (exact) mass is 432 g/mol. The number of carbonyl (C=O) groups excluding carboxylic acids is 2. The Morgan fingerprint density at radius 3 is 2.76 bits per heavy atom. The molecule has 2 N–H and O–H groups in total. The van der Waals surface area contributed by atoms with E-state index in [2.05, 4.69) is 16.7 Å². The van der Waals surface area contributed by atoms with E-state index in [-0.39, 0.29) is 34.1 Å². The normalized spacial score (nSPS) is 16.1. The molecule has 154 valence electrons. The fraction of sp³-hybridized carbons (Fsp3) is 0.333. The summed E-state index contributed by atoms with van der Waals surface area (Å²) < 4.78 is 25.2. The highest BCUT2D eigenvalue weighted by Gasteiger charge is 2.25. The van der Waals surface area contributed by atoms with Gasteiger partial charge in [-0.25, -0.2) is 8.42 Å². The zero-order valence-corrected chi connectivity index (χ0v) is 18.0. The van der Waals surface area contributed by atoms with Crippen molar-refractivity contribution in [1.82, 2.24) is 5.32 Å². The summed E-state index contributed by atoms with van der Waals surface area (Å²) >= 11 is 1.39. The first-order valence-corrected chi connectivity index (χ1v) is 11.9. The summed E-state index contributed by atoms with van der Waals surface area (Å²) in [6.07, 6.45) is 0.589. The number of amides is 2. The third-order valence-corrected chi connectivity index (χ3v) is 7.55. The number of hydrogen-bond donors (Lipinski definition) is 2. The van der Waals surface area contributed by atoms with E-state index < -0.39 is 9.84 Å². The number of carbonyl (C=O) groups is 2. The van der Waals surface area contributed by atoms with Gasteiger partial charge in [0, 0.05) is 17.9 Å². The Morgan fingerprint density at radius 2 is 2.00 bits per heavy atom. The summed E-state index contributed by atoms with van der Waals surface area (Å²) in [4.78, 5) is 24.8. The molecular formula is C21H24N2O4S2. The number of rotatable bonds is 7. The van der Waals surface area contributed by atoms with Crippen LogP contribution in [-0.4, -0.2) is 37.8 Å². The molecule has 0 aliphatic carbocycles. The zero-order chi connectivity index (χ0) is 21.0. The van der Waals surface area contributed by atoms with Crippen molar-refractivity contribution in [2.45, 2.75) is 41.7 Å². The summed E-state index contributed by atoms with van der Waals surface area (Å²) in [5, 5.41) is 5.29. The molecule has 2 aromatic carbocycles. The fourth-order valence-electron chi connectivity index (χ4n) is 3.03. The van der Waals surface area contributed by atoms with Gasteiger partial charge in [-0.1, -0.05) is 29.8 Å². The number of fused-ring (bicyclic) bond motifs is 1. The number of nitrogens with one attached hydrogen (secondary N) is 2. The van der Waals surface area contributed by atoms with E-state index in [1.807, 2.05) is 25.1 Å². The van der Waals surface area contributed by atoms with E-state index in [9.17, 15) is 18.0 Å². The lowest BCUT2D eigenvalue weighted by molar-refractivity contribution is -0.120. The van der Waals surface area contributed by atoms with Gasteiger partial charge in [0.1, 0.15) is 0 Å². The number of sulfone groups is 1. The molecule has 0 bridgehead atoms. The van der Waals surface area contributed by atoms with Crippen LogP contribution in [0.25, 0.3) is 0 Å². The standard InChI is InChI=1S/C21H24N2O4S2/c1-14-4-3-5-16(12-14)8-10-22-20(24)9-11-29(26,27)17-6-7-19-18(13-17)23-21(25)15(2)28-19/h3-7,12-13,15H,8-11H2,1-2H3,(H,22,24)(H,23,25). The van der Waals surface area contributed by atoms with Gasteiger partial charge < -0.3 is 10.6 Å². The molecule has 29 heavy (non-hydrogen) atoms. The number of benzene rings is 2. The molecule has 0 saturated carbocycles. The van der Waals surface area contributed by atoms with Crippen LogP contribution in [0.4, 0.5) is 5.69 Å². The molecule has 1 aliphatic heterocycles. The molecule has 1 unspecified atom stereocenters. The average molecular weight is 433 g/mol. The number of anilines is 1. The lowest BCUT2D eigenvalue weighted by atomic mass is 10.1. The Hall–Kier alpha value is -2.32. The van der Waals surface area contributed by atoms with E-state index in [1.54, 1.807) is 13.0 Å². The summed E-state index contributed by atoms with van der Waals surface area (Å²) in [7, 11) is -3.62. The Morgan fingerprint density at radius 1 is 1.21 bits per heavy atom. The summed E-state index contributed by atoms with van der Waals surface area (Å²) in [5.41, 5.74) is 2.79. The number of hydrogen-bond acceptors (Lipinski definition) is 5. The van der Waals surface area contributed by atoms with Crippen LogP contribution in [0.3, 0.4) is 0 Å². The average Bonchev–Trinajstić information content (AvgIpc) is 2.67. The highest BCUT2D eigenvalue weighted by Crippen LogP contribution is 2.36. The largest absolute Gasteiger partial charge is 0.356 e. The van der Waals surface area contributed by atoms with Crippen molar-refractivity contribution < 1.29 is 18.0 Å². The Labute approximate surface area is 175 Å². The second kappa shape index (κ2) is 9.00. The van der Waals surface area contributed by atoms with Crippen molar-refractivity contribution in [2.24, 2.45) is 0 Å². The van der Waals surface area contributed by atoms with Gasteiger partial charge in [0.15, 0.2) is 9.84 Å². The summed E-state index contributed by atoms with van der Waals surface area (Å²) in [5.74, 6) is -0.721. The molecule has 0 aromatic heterocycles. The highest BCUT2D eigenvalue weighted by molar-refractivity contribution is 8.01. The first kappa shape index (κ1) is 21.4. The SMILES string of the molecule is Cc1cccc(CCNC(=O)CCS(=O)(=O)c2ccc3c(c2)NC(=O)C(C)S3)c1. The Balaban J connectivity index is 1.54. The predicted molar refractivity (Wildman–Crippen MR) is 115 cm³/mol. The molecular weight excluding hydrogens is 408 g/mol. The first-order chi connectivity index (χ1) is 13.7. The van der Waals surface area contributed by atoms with Gasteiger partial charge in [-0.05, 0) is 44.0 Å². The van der Waals surface area contributed by atoms with Crippen LogP contribution in [0.1, 0.15) is 24.5 Å². The lowest BCUT2D eigenvalue weighted by Gasteiger charge is -2.21. The Kier molecular flexibility index (Phi) is 6.64. The molecule has 0 saturated heterocycles. The molecule has 2 amide bonds. The second-order valence-corrected chi connectivity index (χ2v) is 10.6. The smallest absolute Gasteiger partial charge is 0.237 e. The van der Waals surface area contributed by atoms with Crippen molar-refractivity contribution in [1.29, 1.82) is 0 Å². The topological polar surface area (TPSA) is 92.3 Å². The highest BCUT2D eigenvalue weighted by atomic mass is 32.2. The quantitative estimate of drug-likeness (QED) is 0.702. The van der Waals surface area contributed by atoms with Crippen molar-refractivity contribution in [2.75, 3.05) is 17.6 Å². The molecule has 3 rings (SSSR count). The van der Waals surface area contributed by atoms with Gasteiger partial charge in [0.2, 0.25) is 11.8 Å². The van der Waals surface area contributed by atoms with Gasteiger partial charge in [-0.2, -0.15) is 0 Å². The predicted octanol–water partition coefficient (Wildman–Crippen LogP) is 2.95. The molecule has 0 radical (unpaired) electrons. The Bertz CT molecular complexity index is 1030. The van der Waals surface area contributed by atoms with E-state index in [1.165, 1.54) is 23.9 Å². The van der Waals surface area contributed by atoms with E-state index in [4.69, 9.17) is 0 Å². The maximum Gasteiger partial charge on any atom is 0.237 e. The minimum Gasteiger partial charge on any atom is -0.356 e. The van der Waals surface area contributed by atoms with Crippen LogP contribution in [0.15, 0.2) is 52.3 Å². The lowest BCUT2D eigenvalue weighted by Crippen LogP contribution is -2.28. The van der Waals surface area contributed by atoms with Crippen LogP contribution in [-0.2, 0) is 25.8 Å². The van der Waals surface area contributed by atoms with Crippen LogP contribution in [0.2, 0.25) is 0 Å². The van der Waals surface area contributed by atoms with Gasteiger partial charge in [0.05, 0.1) is 21.6 Å². The van der Waals surface area contributed by atoms with Gasteiger partial charge in [0.25, 0.3) is 0 Å². The van der Waals surface area contributed by atoms with E-state index in [0.717, 1.165) is 16.0 Å². The van der Waals surface area contributed by atoms with Crippen LogP contribution in [0, 0.1) is 6.92 Å². The molecule has 8 heteroatoms. The van der Waals surface area contributed by atoms with Crippen molar-refractivity contribution >= 4 is 39.1 Å². The third kappa shape index (κ3) is 5.61. The summed E-state index contributed by atoms with van der Waals surface area (Å²) in [6.45, 7) is 4.27. The van der Waals surface area contributed by atoms with E-state index >= 15 is 0 Å². The number of thioether (sulfide) groups is 1. The van der Waals surface area contributed by atoms with Gasteiger partial charge in [-0.15, -0.1) is 11.8 Å². The van der Waals surface area contributed by atoms with Crippen molar-refractivity contribution in [3.8, 4) is 0 Å². The molecule has 1 atom stereocenters. The maximum atomic E-state index is 12.6.